The molecule has 0 bridgehead atoms. The lowest BCUT2D eigenvalue weighted by atomic mass is 9.92. The monoisotopic (exact) mass is 353 g/mol. The molecule has 0 saturated heterocycles. The quantitative estimate of drug-likeness (QED) is 0.647. The highest BCUT2D eigenvalue weighted by Gasteiger charge is 2.22. The Balaban J connectivity index is 1.97. The summed E-state index contributed by atoms with van der Waals surface area (Å²) in [5.41, 5.74) is 3.58. The van der Waals surface area contributed by atoms with E-state index in [-0.39, 0.29) is 24.1 Å². The summed E-state index contributed by atoms with van der Waals surface area (Å²) in [5.74, 6) is -0.594. The zero-order valence-electron chi connectivity index (χ0n) is 15.2. The van der Waals surface area contributed by atoms with Crippen molar-refractivity contribution in [1.29, 1.82) is 0 Å². The highest BCUT2D eigenvalue weighted by molar-refractivity contribution is 5.77. The van der Waals surface area contributed by atoms with E-state index in [1.807, 2.05) is 35.7 Å². The molecule has 0 aliphatic rings. The summed E-state index contributed by atoms with van der Waals surface area (Å²) in [7, 11) is 0. The molecule has 0 spiro atoms. The van der Waals surface area contributed by atoms with Crippen LogP contribution in [0, 0.1) is 12.7 Å². The lowest BCUT2D eigenvalue weighted by molar-refractivity contribution is -0.121. The maximum absolute atomic E-state index is 13.8. The molecule has 0 aliphatic carbocycles. The third-order valence-corrected chi connectivity index (χ3v) is 4.61. The maximum atomic E-state index is 13.8. The molecule has 0 aliphatic heterocycles. The third kappa shape index (κ3) is 3.93. The van der Waals surface area contributed by atoms with Crippen LogP contribution in [0.1, 0.15) is 48.9 Å². The summed E-state index contributed by atoms with van der Waals surface area (Å²) in [6, 6.07) is 10.4. The predicted molar refractivity (Wildman–Crippen MR) is 101 cm³/mol. The fourth-order valence-electron chi connectivity index (χ4n) is 3.21. The highest BCUT2D eigenvalue weighted by atomic mass is 19.1. The molecule has 2 aromatic heterocycles. The van der Waals surface area contributed by atoms with E-state index in [0.717, 1.165) is 35.3 Å². The summed E-state index contributed by atoms with van der Waals surface area (Å²) >= 11 is 0. The molecule has 136 valence electrons. The summed E-state index contributed by atoms with van der Waals surface area (Å²) in [6.45, 7) is 4.75. The summed E-state index contributed by atoms with van der Waals surface area (Å²) in [4.78, 5) is 17.0. The number of pyridine rings is 1. The van der Waals surface area contributed by atoms with Gasteiger partial charge in [0.25, 0.3) is 0 Å². The summed E-state index contributed by atoms with van der Waals surface area (Å²) in [5, 5.41) is 2.96. The standard InChI is InChI=1S/C21H24FN3O/c1-3-4-10-23-20(26)13-18(16-8-5-9-17(22)12-16)19-14-24-21-15(2)7-6-11-25(19)21/h5-9,11-12,14,18H,3-4,10,13H2,1-2H3,(H,23,26). The van der Waals surface area contributed by atoms with Crippen molar-refractivity contribution >= 4 is 11.6 Å². The third-order valence-electron chi connectivity index (χ3n) is 4.61. The topological polar surface area (TPSA) is 46.4 Å². The number of carbonyl (C=O) groups excluding carboxylic acids is 1. The minimum Gasteiger partial charge on any atom is -0.356 e. The zero-order valence-corrected chi connectivity index (χ0v) is 15.2. The Bertz CT molecular complexity index is 903. The molecule has 26 heavy (non-hydrogen) atoms. The van der Waals surface area contributed by atoms with E-state index in [1.165, 1.54) is 12.1 Å². The van der Waals surface area contributed by atoms with Gasteiger partial charge in [0.15, 0.2) is 0 Å². The Morgan fingerprint density at radius 2 is 2.15 bits per heavy atom. The predicted octanol–water partition coefficient (Wildman–Crippen LogP) is 4.22. The molecule has 4 nitrogen and oxygen atoms in total. The maximum Gasteiger partial charge on any atom is 0.221 e. The number of aromatic nitrogens is 2. The molecule has 0 radical (unpaired) electrons. The molecule has 0 fully saturated rings. The first-order valence-corrected chi connectivity index (χ1v) is 9.05. The van der Waals surface area contributed by atoms with Gasteiger partial charge in [-0.2, -0.15) is 0 Å². The van der Waals surface area contributed by atoms with Gasteiger partial charge in [-0.3, -0.25) is 4.79 Å². The zero-order chi connectivity index (χ0) is 18.5. The van der Waals surface area contributed by atoms with Gasteiger partial charge < -0.3 is 9.72 Å². The van der Waals surface area contributed by atoms with Gasteiger partial charge >= 0.3 is 0 Å². The van der Waals surface area contributed by atoms with E-state index < -0.39 is 0 Å². The van der Waals surface area contributed by atoms with Gasteiger partial charge in [-0.25, -0.2) is 9.37 Å². The number of hydrogen-bond acceptors (Lipinski definition) is 2. The van der Waals surface area contributed by atoms with Crippen LogP contribution in [0.5, 0.6) is 0 Å². The van der Waals surface area contributed by atoms with Crippen LogP contribution in [0.2, 0.25) is 0 Å². The van der Waals surface area contributed by atoms with Gasteiger partial charge in [-0.05, 0) is 42.7 Å². The van der Waals surface area contributed by atoms with Crippen LogP contribution < -0.4 is 5.32 Å². The molecule has 3 aromatic rings. The van der Waals surface area contributed by atoms with Crippen LogP contribution >= 0.6 is 0 Å². The van der Waals surface area contributed by atoms with Crippen molar-refractivity contribution in [3.05, 3.63) is 71.4 Å². The van der Waals surface area contributed by atoms with Crippen molar-refractivity contribution in [2.75, 3.05) is 6.54 Å². The second-order valence-corrected chi connectivity index (χ2v) is 6.58. The van der Waals surface area contributed by atoms with E-state index in [2.05, 4.69) is 17.2 Å². The van der Waals surface area contributed by atoms with E-state index in [0.29, 0.717) is 6.54 Å². The number of fused-ring (bicyclic) bond motifs is 1. The molecule has 1 N–H and O–H groups in total. The Morgan fingerprint density at radius 1 is 1.31 bits per heavy atom. The number of benzene rings is 1. The first-order valence-electron chi connectivity index (χ1n) is 9.05. The molecular formula is C21H24FN3O. The number of rotatable bonds is 7. The number of carbonyl (C=O) groups is 1. The van der Waals surface area contributed by atoms with E-state index >= 15 is 0 Å². The Morgan fingerprint density at radius 3 is 2.92 bits per heavy atom. The van der Waals surface area contributed by atoms with Crippen LogP contribution in [0.4, 0.5) is 4.39 Å². The lowest BCUT2D eigenvalue weighted by Crippen LogP contribution is -2.26. The van der Waals surface area contributed by atoms with Crippen molar-refractivity contribution in [1.82, 2.24) is 14.7 Å². The number of nitrogens with one attached hydrogen (secondary N) is 1. The molecule has 3 rings (SSSR count). The normalized spacial score (nSPS) is 12.3. The van der Waals surface area contributed by atoms with Crippen molar-refractivity contribution in [3.63, 3.8) is 0 Å². The highest BCUT2D eigenvalue weighted by Crippen LogP contribution is 2.29. The van der Waals surface area contributed by atoms with Crippen LogP contribution in [-0.2, 0) is 4.79 Å². The van der Waals surface area contributed by atoms with Crippen molar-refractivity contribution in [2.45, 2.75) is 39.0 Å². The van der Waals surface area contributed by atoms with E-state index in [1.54, 1.807) is 12.3 Å². The van der Waals surface area contributed by atoms with Crippen molar-refractivity contribution in [3.8, 4) is 0 Å². The first-order chi connectivity index (χ1) is 12.6. The fraction of sp³-hybridized carbons (Fsp3) is 0.333. The van der Waals surface area contributed by atoms with E-state index in [9.17, 15) is 9.18 Å². The molecule has 1 aromatic carbocycles. The number of imidazole rings is 1. The lowest BCUT2D eigenvalue weighted by Gasteiger charge is -2.17. The number of amides is 1. The molecule has 0 saturated carbocycles. The summed E-state index contributed by atoms with van der Waals surface area (Å²) in [6.07, 6.45) is 5.96. The van der Waals surface area contributed by atoms with Gasteiger partial charge in [0, 0.05) is 31.3 Å². The van der Waals surface area contributed by atoms with Gasteiger partial charge in [0.2, 0.25) is 5.91 Å². The number of halogens is 1. The SMILES string of the molecule is CCCCNC(=O)CC(c1cccc(F)c1)c1cnc2c(C)cccn12. The average Bonchev–Trinajstić information content (AvgIpc) is 3.05. The summed E-state index contributed by atoms with van der Waals surface area (Å²) < 4.78 is 15.8. The van der Waals surface area contributed by atoms with Crippen molar-refractivity contribution < 1.29 is 9.18 Å². The molecule has 2 heterocycles. The number of nitrogens with zero attached hydrogens (tertiary/aromatic N) is 2. The fourth-order valence-corrected chi connectivity index (χ4v) is 3.21. The Kier molecular flexibility index (Phi) is 5.66. The largest absolute Gasteiger partial charge is 0.356 e. The Hall–Kier alpha value is -2.69. The van der Waals surface area contributed by atoms with Gasteiger partial charge in [0.05, 0.1) is 5.69 Å². The van der Waals surface area contributed by atoms with Gasteiger partial charge in [-0.1, -0.05) is 31.5 Å². The minimum absolute atomic E-state index is 0.0321. The van der Waals surface area contributed by atoms with Crippen LogP contribution in [-0.4, -0.2) is 21.8 Å². The number of hydrogen-bond donors (Lipinski definition) is 1. The molecule has 5 heteroatoms. The first kappa shape index (κ1) is 18.1. The second kappa shape index (κ2) is 8.13. The molecule has 1 atom stereocenters. The van der Waals surface area contributed by atoms with Crippen LogP contribution in [0.15, 0.2) is 48.8 Å². The molecule has 1 unspecified atom stereocenters. The Labute approximate surface area is 153 Å². The van der Waals surface area contributed by atoms with Gasteiger partial charge in [0.1, 0.15) is 11.5 Å². The minimum atomic E-state index is -0.302. The second-order valence-electron chi connectivity index (χ2n) is 6.58. The van der Waals surface area contributed by atoms with Crippen molar-refractivity contribution in [2.24, 2.45) is 0 Å². The van der Waals surface area contributed by atoms with Gasteiger partial charge in [-0.15, -0.1) is 0 Å². The average molecular weight is 353 g/mol. The molecule has 1 amide bonds. The number of aryl methyl sites for hydroxylation is 1. The number of unbranched alkanes of at least 4 members (excludes halogenated alkanes) is 1. The smallest absolute Gasteiger partial charge is 0.221 e. The molecular weight excluding hydrogens is 329 g/mol. The van der Waals surface area contributed by atoms with E-state index in [4.69, 9.17) is 0 Å². The van der Waals surface area contributed by atoms with Crippen LogP contribution in [0.3, 0.4) is 0 Å². The van der Waals surface area contributed by atoms with Crippen LogP contribution in [0.25, 0.3) is 5.65 Å².